The van der Waals surface area contributed by atoms with Crippen molar-refractivity contribution in [3.8, 4) is 5.69 Å². The molecular formula is C8H9N4+. The summed E-state index contributed by atoms with van der Waals surface area (Å²) in [6, 6.07) is 3.92. The molecule has 0 aliphatic heterocycles. The predicted octanol–water partition coefficient (Wildman–Crippen LogP) is 0.0918. The molecule has 0 N–H and O–H groups in total. The van der Waals surface area contributed by atoms with Crippen molar-refractivity contribution < 1.29 is 4.57 Å². The lowest BCUT2D eigenvalue weighted by Gasteiger charge is -1.95. The molecule has 2 aromatic rings. The summed E-state index contributed by atoms with van der Waals surface area (Å²) in [6.45, 7) is 0. The van der Waals surface area contributed by atoms with Crippen LogP contribution in [0, 0.1) is 0 Å². The molecule has 0 atom stereocenters. The van der Waals surface area contributed by atoms with Gasteiger partial charge in [-0.05, 0) is 0 Å². The first kappa shape index (κ1) is 6.97. The third-order valence-electron chi connectivity index (χ3n) is 1.61. The van der Waals surface area contributed by atoms with Gasteiger partial charge in [-0.2, -0.15) is 15.0 Å². The van der Waals surface area contributed by atoms with E-state index >= 15 is 0 Å². The van der Waals surface area contributed by atoms with Crippen LogP contribution in [0.5, 0.6) is 0 Å². The topological polar surface area (TPSA) is 34.6 Å². The van der Waals surface area contributed by atoms with Gasteiger partial charge in [-0.1, -0.05) is 0 Å². The SMILES string of the molecule is C[n+]1ccc(-n2nccn2)cc1. The minimum Gasteiger partial charge on any atom is -0.208 e. The molecule has 0 bridgehead atoms. The van der Waals surface area contributed by atoms with Gasteiger partial charge in [-0.15, -0.1) is 0 Å². The van der Waals surface area contributed by atoms with Gasteiger partial charge in [0.1, 0.15) is 7.05 Å². The van der Waals surface area contributed by atoms with Crippen molar-refractivity contribution in [2.75, 3.05) is 0 Å². The van der Waals surface area contributed by atoms with Crippen LogP contribution >= 0.6 is 0 Å². The van der Waals surface area contributed by atoms with Gasteiger partial charge >= 0.3 is 0 Å². The summed E-state index contributed by atoms with van der Waals surface area (Å²) < 4.78 is 1.97. The van der Waals surface area contributed by atoms with E-state index < -0.39 is 0 Å². The van der Waals surface area contributed by atoms with Gasteiger partial charge in [0, 0.05) is 12.1 Å². The third kappa shape index (κ3) is 1.18. The molecule has 0 saturated heterocycles. The molecule has 0 amide bonds. The standard InChI is InChI=1S/C8H9N4/c1-11-6-2-8(3-7-11)12-9-4-5-10-12/h2-7H,1H3/q+1. The van der Waals surface area contributed by atoms with Crippen molar-refractivity contribution in [2.24, 2.45) is 7.05 Å². The zero-order valence-corrected chi connectivity index (χ0v) is 6.75. The predicted molar refractivity (Wildman–Crippen MR) is 42.5 cm³/mol. The highest BCUT2D eigenvalue weighted by Gasteiger charge is 1.98. The maximum absolute atomic E-state index is 4.01. The van der Waals surface area contributed by atoms with Crippen LogP contribution in [0.25, 0.3) is 5.69 Å². The van der Waals surface area contributed by atoms with Crippen molar-refractivity contribution in [3.05, 3.63) is 36.9 Å². The quantitative estimate of drug-likeness (QED) is 0.556. The molecule has 0 aromatic carbocycles. The summed E-state index contributed by atoms with van der Waals surface area (Å²) >= 11 is 0. The highest BCUT2D eigenvalue weighted by molar-refractivity contribution is 5.23. The zero-order valence-electron chi connectivity index (χ0n) is 6.75. The molecule has 0 spiro atoms. The number of rotatable bonds is 1. The van der Waals surface area contributed by atoms with Gasteiger partial charge in [0.2, 0.25) is 0 Å². The fourth-order valence-corrected chi connectivity index (χ4v) is 0.976. The fourth-order valence-electron chi connectivity index (χ4n) is 0.976. The second kappa shape index (κ2) is 2.73. The van der Waals surface area contributed by atoms with Gasteiger partial charge in [-0.3, -0.25) is 0 Å². The Morgan fingerprint density at radius 2 is 1.75 bits per heavy atom. The Morgan fingerprint density at radius 3 is 2.33 bits per heavy atom. The van der Waals surface area contributed by atoms with E-state index in [1.165, 1.54) is 0 Å². The second-order valence-corrected chi connectivity index (χ2v) is 2.54. The molecule has 0 aliphatic rings. The summed E-state index contributed by atoms with van der Waals surface area (Å²) in [5.74, 6) is 0. The van der Waals surface area contributed by atoms with Crippen LogP contribution in [0.2, 0.25) is 0 Å². The average molecular weight is 161 g/mol. The molecular weight excluding hydrogens is 152 g/mol. The highest BCUT2D eigenvalue weighted by Crippen LogP contribution is 1.98. The first-order valence-corrected chi connectivity index (χ1v) is 3.68. The average Bonchev–Trinajstić information content (AvgIpc) is 2.58. The van der Waals surface area contributed by atoms with Gasteiger partial charge in [0.15, 0.2) is 12.4 Å². The monoisotopic (exact) mass is 161 g/mol. The van der Waals surface area contributed by atoms with Crippen molar-refractivity contribution in [1.29, 1.82) is 0 Å². The molecule has 0 radical (unpaired) electrons. The molecule has 0 saturated carbocycles. The summed E-state index contributed by atoms with van der Waals surface area (Å²) in [4.78, 5) is 1.58. The van der Waals surface area contributed by atoms with Gasteiger partial charge in [-0.25, -0.2) is 4.57 Å². The van der Waals surface area contributed by atoms with Crippen LogP contribution in [0.1, 0.15) is 0 Å². The Morgan fingerprint density at radius 1 is 1.17 bits per heavy atom. The molecule has 2 heterocycles. The minimum atomic E-state index is 0.970. The number of aryl methyl sites for hydroxylation is 1. The number of pyridine rings is 1. The zero-order chi connectivity index (χ0) is 8.39. The molecule has 0 unspecified atom stereocenters. The van der Waals surface area contributed by atoms with Crippen molar-refractivity contribution in [1.82, 2.24) is 15.0 Å². The summed E-state index contributed by atoms with van der Waals surface area (Å²) in [6.07, 6.45) is 7.23. The van der Waals surface area contributed by atoms with E-state index in [1.807, 2.05) is 36.1 Å². The number of hydrogen-bond acceptors (Lipinski definition) is 2. The maximum atomic E-state index is 4.01. The first-order valence-electron chi connectivity index (χ1n) is 3.68. The molecule has 4 nitrogen and oxygen atoms in total. The van der Waals surface area contributed by atoms with E-state index in [1.54, 1.807) is 17.2 Å². The van der Waals surface area contributed by atoms with Crippen molar-refractivity contribution in [2.45, 2.75) is 0 Å². The van der Waals surface area contributed by atoms with Crippen LogP contribution in [0.4, 0.5) is 0 Å². The molecule has 12 heavy (non-hydrogen) atoms. The van der Waals surface area contributed by atoms with Gasteiger partial charge < -0.3 is 0 Å². The Bertz CT molecular complexity index is 349. The van der Waals surface area contributed by atoms with E-state index in [0.29, 0.717) is 0 Å². The summed E-state index contributed by atoms with van der Waals surface area (Å²) in [7, 11) is 1.97. The maximum Gasteiger partial charge on any atom is 0.170 e. The van der Waals surface area contributed by atoms with E-state index in [9.17, 15) is 0 Å². The first-order chi connectivity index (χ1) is 5.86. The molecule has 0 fully saturated rings. The normalized spacial score (nSPS) is 10.1. The Hall–Kier alpha value is -1.71. The van der Waals surface area contributed by atoms with E-state index in [4.69, 9.17) is 0 Å². The largest absolute Gasteiger partial charge is 0.208 e. The smallest absolute Gasteiger partial charge is 0.170 e. The molecule has 2 aromatic heterocycles. The van der Waals surface area contributed by atoms with Crippen molar-refractivity contribution >= 4 is 0 Å². The van der Waals surface area contributed by atoms with Crippen LogP contribution < -0.4 is 4.57 Å². The number of hydrogen-bond donors (Lipinski definition) is 0. The summed E-state index contributed by atoms with van der Waals surface area (Å²) in [5, 5.41) is 8.02. The lowest BCUT2D eigenvalue weighted by atomic mass is 10.4. The minimum absolute atomic E-state index is 0.970. The van der Waals surface area contributed by atoms with Gasteiger partial charge in [0.05, 0.1) is 18.1 Å². The van der Waals surface area contributed by atoms with E-state index in [0.717, 1.165) is 5.69 Å². The fraction of sp³-hybridized carbons (Fsp3) is 0.125. The van der Waals surface area contributed by atoms with Crippen LogP contribution in [0.15, 0.2) is 36.9 Å². The van der Waals surface area contributed by atoms with Crippen LogP contribution in [-0.2, 0) is 7.05 Å². The number of nitrogens with zero attached hydrogens (tertiary/aromatic N) is 4. The molecule has 0 aliphatic carbocycles. The van der Waals surface area contributed by atoms with Crippen molar-refractivity contribution in [3.63, 3.8) is 0 Å². The number of aromatic nitrogens is 4. The van der Waals surface area contributed by atoms with E-state index in [2.05, 4.69) is 10.2 Å². The van der Waals surface area contributed by atoms with E-state index in [-0.39, 0.29) is 0 Å². The second-order valence-electron chi connectivity index (χ2n) is 2.54. The van der Waals surface area contributed by atoms with Gasteiger partial charge in [0.25, 0.3) is 0 Å². The lowest BCUT2D eigenvalue weighted by Crippen LogP contribution is -2.26. The summed E-state index contributed by atoms with van der Waals surface area (Å²) in [5.41, 5.74) is 0.970. The molecule has 2 rings (SSSR count). The lowest BCUT2D eigenvalue weighted by molar-refractivity contribution is -0.671. The van der Waals surface area contributed by atoms with Crippen LogP contribution in [-0.4, -0.2) is 15.0 Å². The Balaban J connectivity index is 2.43. The third-order valence-corrected chi connectivity index (χ3v) is 1.61. The molecule has 60 valence electrons. The molecule has 4 heteroatoms. The highest BCUT2D eigenvalue weighted by atomic mass is 15.5. The van der Waals surface area contributed by atoms with Crippen LogP contribution in [0.3, 0.4) is 0 Å². The Labute approximate surface area is 70.1 Å². The Kier molecular flexibility index (Phi) is 1.59.